The van der Waals surface area contributed by atoms with Crippen LogP contribution in [-0.2, 0) is 32.7 Å². The first kappa shape index (κ1) is 74.5. The number of phosphoric ester groups is 1. The Hall–Kier alpha value is -1.51. The minimum Gasteiger partial charge on any atom is -0.756 e. The molecule has 0 amide bonds. The van der Waals surface area contributed by atoms with E-state index in [1.807, 2.05) is 21.1 Å². The van der Waals surface area contributed by atoms with E-state index in [1.165, 1.54) is 270 Å². The molecule has 0 heterocycles. The highest BCUT2D eigenvalue weighted by atomic mass is 31.2. The fourth-order valence-corrected chi connectivity index (χ4v) is 10.6. The number of likely N-dealkylation sites (N-methyl/N-ethyl adjacent to an activating group) is 1. The minimum atomic E-state index is -4.64. The van der Waals surface area contributed by atoms with E-state index in [2.05, 4.69) is 38.2 Å². The van der Waals surface area contributed by atoms with Crippen molar-refractivity contribution < 1.29 is 42.1 Å². The van der Waals surface area contributed by atoms with E-state index in [0.717, 1.165) is 32.1 Å². The summed E-state index contributed by atoms with van der Waals surface area (Å²) in [6.07, 6.45) is 71.1. The Kier molecular flexibility index (Phi) is 57.0. The molecule has 0 bridgehead atoms. The number of hydrogen-bond donors (Lipinski definition) is 0. The Morgan fingerprint density at radius 1 is 0.395 bits per heavy atom. The first-order chi connectivity index (χ1) is 37.0. The molecule has 0 aromatic heterocycles. The van der Waals surface area contributed by atoms with E-state index in [0.29, 0.717) is 17.4 Å². The number of esters is 2. The molecule has 76 heavy (non-hydrogen) atoms. The molecule has 0 spiro atoms. The summed E-state index contributed by atoms with van der Waals surface area (Å²) in [7, 11) is 1.18. The van der Waals surface area contributed by atoms with Crippen LogP contribution in [0, 0.1) is 0 Å². The van der Waals surface area contributed by atoms with Gasteiger partial charge in [-0.15, -0.1) is 0 Å². The number of ether oxygens (including phenoxy) is 2. The highest BCUT2D eigenvalue weighted by molar-refractivity contribution is 7.45. The molecular weight excluding hydrogens is 966 g/mol. The van der Waals surface area contributed by atoms with Crippen molar-refractivity contribution >= 4 is 19.8 Å². The van der Waals surface area contributed by atoms with Crippen molar-refractivity contribution in [3.63, 3.8) is 0 Å². The van der Waals surface area contributed by atoms with Gasteiger partial charge in [-0.25, -0.2) is 0 Å². The zero-order valence-electron chi connectivity index (χ0n) is 51.2. The van der Waals surface area contributed by atoms with Crippen molar-refractivity contribution in [2.24, 2.45) is 0 Å². The largest absolute Gasteiger partial charge is 0.756 e. The number of carbonyl (C=O) groups is 2. The second kappa shape index (κ2) is 58.2. The summed E-state index contributed by atoms with van der Waals surface area (Å²) in [4.78, 5) is 38.0. The predicted octanol–water partition coefficient (Wildman–Crippen LogP) is 20.3. The molecule has 0 N–H and O–H groups in total. The smallest absolute Gasteiger partial charge is 0.306 e. The van der Waals surface area contributed by atoms with Crippen molar-refractivity contribution in [2.75, 3.05) is 47.5 Å². The highest BCUT2D eigenvalue weighted by Crippen LogP contribution is 2.38. The maximum Gasteiger partial charge on any atom is 0.306 e. The topological polar surface area (TPSA) is 111 Å². The van der Waals surface area contributed by atoms with Gasteiger partial charge in [0.05, 0.1) is 27.7 Å². The third-order valence-electron chi connectivity index (χ3n) is 14.9. The molecule has 0 fully saturated rings. The number of carbonyl (C=O) groups excluding carboxylic acids is 2. The predicted molar refractivity (Wildman–Crippen MR) is 324 cm³/mol. The molecule has 0 aromatic rings. The van der Waals surface area contributed by atoms with Crippen LogP contribution in [0.2, 0.25) is 0 Å². The molecule has 0 radical (unpaired) electrons. The fourth-order valence-electron chi connectivity index (χ4n) is 9.83. The van der Waals surface area contributed by atoms with Gasteiger partial charge in [0.25, 0.3) is 7.82 Å². The Balaban J connectivity index is 4.02. The molecule has 2 atom stereocenters. The Morgan fingerprint density at radius 3 is 0.974 bits per heavy atom. The lowest BCUT2D eigenvalue weighted by atomic mass is 10.0. The molecule has 0 aromatic carbocycles. The molecule has 0 saturated carbocycles. The first-order valence-corrected chi connectivity index (χ1v) is 34.5. The monoisotopic (exact) mass is 1090 g/mol. The maximum absolute atomic E-state index is 12.8. The van der Waals surface area contributed by atoms with Crippen LogP contribution in [0.3, 0.4) is 0 Å². The van der Waals surface area contributed by atoms with Crippen LogP contribution in [0.5, 0.6) is 0 Å². The van der Waals surface area contributed by atoms with Crippen LogP contribution >= 0.6 is 7.82 Å². The summed E-state index contributed by atoms with van der Waals surface area (Å²) < 4.78 is 34.3. The summed E-state index contributed by atoms with van der Waals surface area (Å²) in [6.45, 7) is 4.30. The molecule has 0 aliphatic carbocycles. The molecule has 0 saturated heterocycles. The van der Waals surface area contributed by atoms with Gasteiger partial charge in [0.2, 0.25) is 0 Å². The van der Waals surface area contributed by atoms with Crippen molar-refractivity contribution in [3.8, 4) is 0 Å². The number of unbranched alkanes of at least 4 members (excludes halogenated alkanes) is 44. The van der Waals surface area contributed by atoms with E-state index in [-0.39, 0.29) is 32.0 Å². The van der Waals surface area contributed by atoms with Gasteiger partial charge in [-0.05, 0) is 64.2 Å². The Bertz CT molecular complexity index is 1330. The molecule has 10 heteroatoms. The lowest BCUT2D eigenvalue weighted by molar-refractivity contribution is -0.870. The molecular formula is C66H128NO8P. The Labute approximate surface area is 472 Å². The van der Waals surface area contributed by atoms with E-state index in [9.17, 15) is 19.0 Å². The average Bonchev–Trinajstić information content (AvgIpc) is 3.38. The van der Waals surface area contributed by atoms with Gasteiger partial charge in [-0.1, -0.05) is 282 Å². The lowest BCUT2D eigenvalue weighted by Gasteiger charge is -2.28. The maximum atomic E-state index is 12.8. The number of hydrogen-bond acceptors (Lipinski definition) is 8. The molecule has 0 rings (SSSR count). The molecule has 0 aliphatic rings. The summed E-state index contributed by atoms with van der Waals surface area (Å²) in [5, 5.41) is 0. The summed E-state index contributed by atoms with van der Waals surface area (Å²) in [6, 6.07) is 0. The number of nitrogens with zero attached hydrogens (tertiary/aromatic N) is 1. The van der Waals surface area contributed by atoms with Crippen molar-refractivity contribution in [3.05, 3.63) is 24.3 Å². The van der Waals surface area contributed by atoms with Crippen LogP contribution in [-0.4, -0.2) is 70.0 Å². The third-order valence-corrected chi connectivity index (χ3v) is 15.9. The minimum absolute atomic E-state index is 0.0281. The van der Waals surface area contributed by atoms with Crippen molar-refractivity contribution in [2.45, 2.75) is 341 Å². The van der Waals surface area contributed by atoms with Gasteiger partial charge in [0, 0.05) is 12.8 Å². The van der Waals surface area contributed by atoms with Gasteiger partial charge < -0.3 is 27.9 Å². The average molecular weight is 1090 g/mol. The van der Waals surface area contributed by atoms with Crippen molar-refractivity contribution in [1.29, 1.82) is 0 Å². The SMILES string of the molecule is CCCCCCCCCC/C=C\CCCCCCCCCCCCCCCCCCCCCC(=O)OC(COC(=O)CCCCCCCCCCC/C=C\CCCCCCCCCC)COP(=O)([O-])OCC[N+](C)(C)C. The molecule has 9 nitrogen and oxygen atoms in total. The fraction of sp³-hybridized carbons (Fsp3) is 0.909. The molecule has 450 valence electrons. The number of phosphoric acid groups is 1. The summed E-state index contributed by atoms with van der Waals surface area (Å²) in [5.74, 6) is -0.816. The standard InChI is InChI=1S/C66H128NO8P/c1-6-8-10-12-14-16-18-20-22-24-26-28-29-30-31-32-33-34-35-36-37-39-41-43-45-47-49-51-53-55-57-59-66(69)75-64(63-74-76(70,71)73-61-60-67(3,4)5)62-72-65(68)58-56-54-52-50-48-46-44-42-40-38-27-25-23-21-19-17-15-13-11-9-7-2/h24-27,64H,6-23,28-63H2,1-5H3/b26-24-,27-25-. The van der Waals surface area contributed by atoms with Gasteiger partial charge >= 0.3 is 11.9 Å². The Morgan fingerprint density at radius 2 is 0.671 bits per heavy atom. The third kappa shape index (κ3) is 61.7. The number of rotatable bonds is 62. The second-order valence-electron chi connectivity index (χ2n) is 23.8. The zero-order chi connectivity index (χ0) is 55.6. The molecule has 0 aliphatic heterocycles. The van der Waals surface area contributed by atoms with E-state index >= 15 is 0 Å². The number of quaternary nitrogens is 1. The summed E-state index contributed by atoms with van der Waals surface area (Å²) in [5.41, 5.74) is 0. The normalized spacial score (nSPS) is 13.3. The zero-order valence-corrected chi connectivity index (χ0v) is 52.1. The molecule has 2 unspecified atom stereocenters. The van der Waals surface area contributed by atoms with Crippen LogP contribution in [0.15, 0.2) is 24.3 Å². The van der Waals surface area contributed by atoms with Crippen LogP contribution in [0.1, 0.15) is 335 Å². The van der Waals surface area contributed by atoms with Crippen LogP contribution < -0.4 is 4.89 Å². The van der Waals surface area contributed by atoms with Gasteiger partial charge in [-0.2, -0.15) is 0 Å². The van der Waals surface area contributed by atoms with Crippen molar-refractivity contribution in [1.82, 2.24) is 0 Å². The first-order valence-electron chi connectivity index (χ1n) is 33.0. The van der Waals surface area contributed by atoms with E-state index < -0.39 is 26.5 Å². The highest BCUT2D eigenvalue weighted by Gasteiger charge is 2.22. The van der Waals surface area contributed by atoms with Gasteiger partial charge in [0.1, 0.15) is 19.8 Å². The second-order valence-corrected chi connectivity index (χ2v) is 25.2. The lowest BCUT2D eigenvalue weighted by Crippen LogP contribution is -2.37. The van der Waals surface area contributed by atoms with Gasteiger partial charge in [-0.3, -0.25) is 14.2 Å². The van der Waals surface area contributed by atoms with E-state index in [4.69, 9.17) is 18.5 Å². The van der Waals surface area contributed by atoms with Crippen LogP contribution in [0.4, 0.5) is 0 Å². The quantitative estimate of drug-likeness (QED) is 0.0195. The van der Waals surface area contributed by atoms with Crippen LogP contribution in [0.25, 0.3) is 0 Å². The van der Waals surface area contributed by atoms with Gasteiger partial charge in [0.15, 0.2) is 6.10 Å². The summed E-state index contributed by atoms with van der Waals surface area (Å²) >= 11 is 0. The number of allylic oxidation sites excluding steroid dienone is 4. The van der Waals surface area contributed by atoms with E-state index in [1.54, 1.807) is 0 Å².